The first kappa shape index (κ1) is 13.9. The van der Waals surface area contributed by atoms with Gasteiger partial charge in [-0.15, -0.1) is 0 Å². The molecule has 1 atom stereocenters. The molecule has 0 amide bonds. The molecule has 0 bridgehead atoms. The monoisotopic (exact) mass is 317 g/mol. The fourth-order valence-corrected chi connectivity index (χ4v) is 2.92. The van der Waals surface area contributed by atoms with Crippen molar-refractivity contribution in [3.63, 3.8) is 0 Å². The van der Waals surface area contributed by atoms with Crippen molar-refractivity contribution < 1.29 is 14.2 Å². The molecule has 0 radical (unpaired) electrons. The Labute approximate surface area is 115 Å². The summed E-state index contributed by atoms with van der Waals surface area (Å²) in [6.07, 6.45) is 0.277. The minimum absolute atomic E-state index is 0.167. The SMILES string of the molecule is COC[C@@H](O)CN1CCc2c(Br)ccc(F)c2C1. The van der Waals surface area contributed by atoms with Gasteiger partial charge >= 0.3 is 0 Å². The lowest BCUT2D eigenvalue weighted by Gasteiger charge is -2.31. The topological polar surface area (TPSA) is 32.7 Å². The van der Waals surface area contributed by atoms with E-state index in [9.17, 15) is 9.50 Å². The van der Waals surface area contributed by atoms with Crippen LogP contribution in [0.3, 0.4) is 0 Å². The number of ether oxygens (including phenoxy) is 1. The highest BCUT2D eigenvalue weighted by atomic mass is 79.9. The first-order chi connectivity index (χ1) is 8.61. The number of hydrogen-bond donors (Lipinski definition) is 1. The van der Waals surface area contributed by atoms with Gasteiger partial charge in [-0.25, -0.2) is 4.39 Å². The van der Waals surface area contributed by atoms with Crippen LogP contribution in [0.25, 0.3) is 0 Å². The zero-order valence-corrected chi connectivity index (χ0v) is 11.9. The number of aliphatic hydroxyl groups is 1. The van der Waals surface area contributed by atoms with Gasteiger partial charge in [-0.1, -0.05) is 15.9 Å². The molecular weight excluding hydrogens is 301 g/mol. The van der Waals surface area contributed by atoms with Crippen molar-refractivity contribution in [1.29, 1.82) is 0 Å². The van der Waals surface area contributed by atoms with E-state index in [0.717, 1.165) is 28.6 Å². The number of aliphatic hydroxyl groups excluding tert-OH is 1. The number of methoxy groups -OCH3 is 1. The Morgan fingerprint density at radius 3 is 3.00 bits per heavy atom. The average molecular weight is 318 g/mol. The van der Waals surface area contributed by atoms with Gasteiger partial charge in [0.1, 0.15) is 5.82 Å². The van der Waals surface area contributed by atoms with Crippen molar-refractivity contribution in [1.82, 2.24) is 4.90 Å². The van der Waals surface area contributed by atoms with Crippen LogP contribution in [0.4, 0.5) is 4.39 Å². The lowest BCUT2D eigenvalue weighted by atomic mass is 9.99. The summed E-state index contributed by atoms with van der Waals surface area (Å²) in [5.74, 6) is -0.167. The lowest BCUT2D eigenvalue weighted by Crippen LogP contribution is -2.38. The van der Waals surface area contributed by atoms with Crippen LogP contribution in [-0.2, 0) is 17.7 Å². The highest BCUT2D eigenvalue weighted by Crippen LogP contribution is 2.28. The Bertz CT molecular complexity index is 428. The van der Waals surface area contributed by atoms with E-state index >= 15 is 0 Å². The molecule has 0 saturated heterocycles. The third-order valence-corrected chi connectivity index (χ3v) is 3.95. The van der Waals surface area contributed by atoms with Gasteiger partial charge in [-0.05, 0) is 24.1 Å². The molecule has 100 valence electrons. The van der Waals surface area contributed by atoms with Crippen molar-refractivity contribution in [3.05, 3.63) is 33.5 Å². The van der Waals surface area contributed by atoms with E-state index in [2.05, 4.69) is 20.8 Å². The molecule has 3 nitrogen and oxygen atoms in total. The third-order valence-electron chi connectivity index (χ3n) is 3.20. The summed E-state index contributed by atoms with van der Waals surface area (Å²) in [7, 11) is 1.56. The number of β-amino-alcohol motifs (C(OH)–C–C–N with tert-alkyl or cyclic N) is 1. The average Bonchev–Trinajstić information content (AvgIpc) is 2.34. The van der Waals surface area contributed by atoms with Crippen molar-refractivity contribution in [2.75, 3.05) is 26.8 Å². The molecule has 5 heteroatoms. The van der Waals surface area contributed by atoms with Crippen molar-refractivity contribution in [3.8, 4) is 0 Å². The second-order valence-electron chi connectivity index (χ2n) is 4.58. The molecule has 1 heterocycles. The molecule has 1 aliphatic heterocycles. The predicted molar refractivity (Wildman–Crippen MR) is 71.0 cm³/mol. The minimum atomic E-state index is -0.522. The fourth-order valence-electron chi connectivity index (χ4n) is 2.35. The maximum atomic E-state index is 13.8. The number of rotatable bonds is 4. The first-order valence-electron chi connectivity index (χ1n) is 5.97. The third kappa shape index (κ3) is 3.09. The van der Waals surface area contributed by atoms with E-state index in [1.54, 1.807) is 13.2 Å². The summed E-state index contributed by atoms with van der Waals surface area (Å²) in [5.41, 5.74) is 1.78. The quantitative estimate of drug-likeness (QED) is 0.921. The van der Waals surface area contributed by atoms with E-state index in [-0.39, 0.29) is 5.82 Å². The Morgan fingerprint density at radius 2 is 2.28 bits per heavy atom. The smallest absolute Gasteiger partial charge is 0.128 e. The second kappa shape index (κ2) is 6.10. The lowest BCUT2D eigenvalue weighted by molar-refractivity contribution is 0.0343. The van der Waals surface area contributed by atoms with Gasteiger partial charge in [-0.3, -0.25) is 4.90 Å². The van der Waals surface area contributed by atoms with E-state index in [0.29, 0.717) is 19.7 Å². The van der Waals surface area contributed by atoms with Crippen LogP contribution in [-0.4, -0.2) is 42.9 Å². The fraction of sp³-hybridized carbons (Fsp3) is 0.538. The number of hydrogen-bond acceptors (Lipinski definition) is 3. The van der Waals surface area contributed by atoms with Crippen LogP contribution in [0.1, 0.15) is 11.1 Å². The van der Waals surface area contributed by atoms with Crippen molar-refractivity contribution in [2.24, 2.45) is 0 Å². The van der Waals surface area contributed by atoms with E-state index < -0.39 is 6.10 Å². The maximum absolute atomic E-state index is 13.8. The van der Waals surface area contributed by atoms with Crippen LogP contribution < -0.4 is 0 Å². The molecule has 1 N–H and O–H groups in total. The van der Waals surface area contributed by atoms with Gasteiger partial charge in [0.2, 0.25) is 0 Å². The standard InChI is InChI=1S/C13H17BrFNO2/c1-18-8-9(17)6-16-5-4-10-11(7-16)13(15)3-2-12(10)14/h2-3,9,17H,4-8H2,1H3/t9-/m0/s1. The number of benzene rings is 1. The summed E-state index contributed by atoms with van der Waals surface area (Å²) in [5, 5.41) is 9.70. The Morgan fingerprint density at radius 1 is 1.50 bits per heavy atom. The Kier molecular flexibility index (Phi) is 4.72. The van der Waals surface area contributed by atoms with Crippen LogP contribution in [0.5, 0.6) is 0 Å². The van der Waals surface area contributed by atoms with Gasteiger partial charge in [0, 0.05) is 36.8 Å². The molecule has 0 fully saturated rings. The maximum Gasteiger partial charge on any atom is 0.128 e. The van der Waals surface area contributed by atoms with Crippen LogP contribution in [0.2, 0.25) is 0 Å². The molecule has 0 aromatic heterocycles. The minimum Gasteiger partial charge on any atom is -0.389 e. The van der Waals surface area contributed by atoms with Crippen molar-refractivity contribution >= 4 is 15.9 Å². The Hall–Kier alpha value is -0.490. The van der Waals surface area contributed by atoms with E-state index in [1.165, 1.54) is 6.07 Å². The second-order valence-corrected chi connectivity index (χ2v) is 5.43. The van der Waals surface area contributed by atoms with E-state index in [1.807, 2.05) is 0 Å². The molecule has 1 aliphatic rings. The molecule has 0 spiro atoms. The number of halogens is 2. The molecule has 2 rings (SSSR count). The van der Waals surface area contributed by atoms with Gasteiger partial charge in [0.05, 0.1) is 12.7 Å². The molecule has 0 saturated carbocycles. The van der Waals surface area contributed by atoms with Gasteiger partial charge in [-0.2, -0.15) is 0 Å². The van der Waals surface area contributed by atoms with Gasteiger partial charge in [0.25, 0.3) is 0 Å². The molecule has 1 aromatic carbocycles. The van der Waals surface area contributed by atoms with Crippen LogP contribution in [0, 0.1) is 5.82 Å². The van der Waals surface area contributed by atoms with E-state index in [4.69, 9.17) is 4.74 Å². The summed E-state index contributed by atoms with van der Waals surface area (Å²) in [4.78, 5) is 2.06. The molecular formula is C13H17BrFNO2. The Balaban J connectivity index is 2.08. The van der Waals surface area contributed by atoms with Crippen LogP contribution in [0.15, 0.2) is 16.6 Å². The molecule has 0 aliphatic carbocycles. The highest BCUT2D eigenvalue weighted by molar-refractivity contribution is 9.10. The normalized spacial score (nSPS) is 17.6. The van der Waals surface area contributed by atoms with Gasteiger partial charge in [0.15, 0.2) is 0 Å². The zero-order chi connectivity index (χ0) is 13.1. The first-order valence-corrected chi connectivity index (χ1v) is 6.76. The molecule has 1 aromatic rings. The van der Waals surface area contributed by atoms with Crippen molar-refractivity contribution in [2.45, 2.75) is 19.1 Å². The highest BCUT2D eigenvalue weighted by Gasteiger charge is 2.22. The summed E-state index contributed by atoms with van der Waals surface area (Å²) < 4.78 is 19.6. The number of nitrogens with zero attached hydrogens (tertiary/aromatic N) is 1. The summed E-state index contributed by atoms with van der Waals surface area (Å²) in [6.45, 7) is 2.20. The summed E-state index contributed by atoms with van der Waals surface area (Å²) in [6, 6.07) is 3.24. The largest absolute Gasteiger partial charge is 0.389 e. The number of fused-ring (bicyclic) bond motifs is 1. The van der Waals surface area contributed by atoms with Gasteiger partial charge < -0.3 is 9.84 Å². The zero-order valence-electron chi connectivity index (χ0n) is 10.3. The predicted octanol–water partition coefficient (Wildman–Crippen LogP) is 1.95. The van der Waals surface area contributed by atoms with Crippen LogP contribution >= 0.6 is 15.9 Å². The summed E-state index contributed by atoms with van der Waals surface area (Å²) >= 11 is 3.46. The molecule has 0 unspecified atom stereocenters. The molecule has 18 heavy (non-hydrogen) atoms.